The lowest BCUT2D eigenvalue weighted by molar-refractivity contribution is -0.144. The lowest BCUT2D eigenvalue weighted by atomic mass is 9.90. The Morgan fingerprint density at radius 1 is 1.26 bits per heavy atom. The highest BCUT2D eigenvalue weighted by Crippen LogP contribution is 2.38. The summed E-state index contributed by atoms with van der Waals surface area (Å²) in [5.74, 6) is -1.33. The molecule has 0 saturated heterocycles. The van der Waals surface area contributed by atoms with Crippen molar-refractivity contribution in [2.45, 2.75) is 77.1 Å². The molecule has 1 saturated carbocycles. The Hall–Kier alpha value is -2.40. The van der Waals surface area contributed by atoms with Crippen LogP contribution in [0.5, 0.6) is 0 Å². The first-order valence-corrected chi connectivity index (χ1v) is 12.6. The SMILES string of the molecule is COC(=O)C[C@@H](C)c1ccc(N(CC(C)C)C2CCC(O)CC2)c(Nc2nc(C(F)(F)F)ns2)c1. The number of halogens is 3. The first kappa shape index (κ1) is 27.2. The van der Waals surface area contributed by atoms with Crippen LogP contribution >= 0.6 is 11.5 Å². The van der Waals surface area contributed by atoms with Crippen molar-refractivity contribution < 1.29 is 27.8 Å². The highest BCUT2D eigenvalue weighted by atomic mass is 32.1. The Bertz CT molecular complexity index is 991. The summed E-state index contributed by atoms with van der Waals surface area (Å²) in [4.78, 5) is 17.7. The summed E-state index contributed by atoms with van der Waals surface area (Å²) in [6.45, 7) is 6.88. The van der Waals surface area contributed by atoms with E-state index in [4.69, 9.17) is 4.74 Å². The summed E-state index contributed by atoms with van der Waals surface area (Å²) in [5, 5.41) is 13.1. The van der Waals surface area contributed by atoms with Gasteiger partial charge in [0.05, 0.1) is 31.0 Å². The molecule has 1 fully saturated rings. The van der Waals surface area contributed by atoms with Crippen molar-refractivity contribution in [2.24, 2.45) is 5.92 Å². The molecule has 1 aliphatic rings. The minimum Gasteiger partial charge on any atom is -0.469 e. The Kier molecular flexibility index (Phi) is 8.98. The molecule has 0 spiro atoms. The first-order valence-electron chi connectivity index (χ1n) is 11.8. The maximum atomic E-state index is 13.1. The van der Waals surface area contributed by atoms with E-state index in [0.717, 1.165) is 30.6 Å². The van der Waals surface area contributed by atoms with E-state index >= 15 is 0 Å². The Labute approximate surface area is 207 Å². The van der Waals surface area contributed by atoms with Crippen LogP contribution in [0.2, 0.25) is 0 Å². The molecular formula is C24H33F3N4O3S. The fourth-order valence-corrected chi connectivity index (χ4v) is 4.97. The molecule has 1 aromatic heterocycles. The zero-order valence-corrected chi connectivity index (χ0v) is 21.2. The maximum absolute atomic E-state index is 13.1. The van der Waals surface area contributed by atoms with Gasteiger partial charge in [0.1, 0.15) is 0 Å². The molecule has 35 heavy (non-hydrogen) atoms. The summed E-state index contributed by atoms with van der Waals surface area (Å²) >= 11 is 0.652. The minimum atomic E-state index is -4.62. The highest BCUT2D eigenvalue weighted by molar-refractivity contribution is 7.09. The minimum absolute atomic E-state index is 0.0416. The second-order valence-corrected chi connectivity index (χ2v) is 10.3. The molecule has 0 bridgehead atoms. The van der Waals surface area contributed by atoms with Crippen LogP contribution in [0.4, 0.5) is 29.7 Å². The molecule has 3 rings (SSSR count). The molecule has 7 nitrogen and oxygen atoms in total. The second kappa shape index (κ2) is 11.6. The van der Waals surface area contributed by atoms with Gasteiger partial charge in [0, 0.05) is 24.1 Å². The lowest BCUT2D eigenvalue weighted by Crippen LogP contribution is -2.41. The number of carbonyl (C=O) groups is 1. The van der Waals surface area contributed by atoms with Gasteiger partial charge < -0.3 is 20.1 Å². The number of benzene rings is 1. The van der Waals surface area contributed by atoms with Crippen molar-refractivity contribution in [3.8, 4) is 0 Å². The molecule has 2 aromatic rings. The predicted octanol–water partition coefficient (Wildman–Crippen LogP) is 5.73. The molecular weight excluding hydrogens is 481 g/mol. The summed E-state index contributed by atoms with van der Waals surface area (Å²) in [5.41, 5.74) is 2.31. The number of hydrogen-bond acceptors (Lipinski definition) is 8. The zero-order chi connectivity index (χ0) is 25.8. The molecule has 0 amide bonds. The van der Waals surface area contributed by atoms with Crippen molar-refractivity contribution in [1.82, 2.24) is 9.36 Å². The summed E-state index contributed by atoms with van der Waals surface area (Å²) in [6, 6.07) is 5.95. The van der Waals surface area contributed by atoms with Gasteiger partial charge in [-0.3, -0.25) is 4.79 Å². The van der Waals surface area contributed by atoms with Gasteiger partial charge in [0.15, 0.2) is 0 Å². The van der Waals surface area contributed by atoms with Gasteiger partial charge in [-0.05, 0) is 55.2 Å². The van der Waals surface area contributed by atoms with Crippen LogP contribution in [0.25, 0.3) is 0 Å². The van der Waals surface area contributed by atoms with E-state index in [1.807, 2.05) is 25.1 Å². The molecule has 0 aliphatic heterocycles. The van der Waals surface area contributed by atoms with Crippen LogP contribution in [0.3, 0.4) is 0 Å². The van der Waals surface area contributed by atoms with Crippen LogP contribution in [-0.4, -0.2) is 46.2 Å². The Morgan fingerprint density at radius 2 is 1.94 bits per heavy atom. The summed E-state index contributed by atoms with van der Waals surface area (Å²) in [7, 11) is 1.34. The molecule has 2 N–H and O–H groups in total. The number of carbonyl (C=O) groups excluding carboxylic acids is 1. The average molecular weight is 515 g/mol. The molecule has 1 aromatic carbocycles. The first-order chi connectivity index (χ1) is 16.5. The standard InChI is InChI=1S/C24H33F3N4O3S/c1-14(2)13-31(17-6-8-18(32)9-7-17)20-10-5-16(15(3)11-21(33)34-4)12-19(20)28-23-29-22(30-35-23)24(25,26)27/h5,10,12,14-15,17-18,32H,6-9,11,13H2,1-4H3,(H,28,29,30)/t15-,17?,18?/m1/s1. The molecule has 1 heterocycles. The maximum Gasteiger partial charge on any atom is 0.452 e. The number of nitrogens with one attached hydrogen (secondary N) is 1. The largest absolute Gasteiger partial charge is 0.469 e. The van der Waals surface area contributed by atoms with E-state index in [-0.39, 0.29) is 35.6 Å². The van der Waals surface area contributed by atoms with Crippen LogP contribution in [-0.2, 0) is 15.7 Å². The van der Waals surface area contributed by atoms with Gasteiger partial charge in [-0.2, -0.15) is 22.5 Å². The number of hydrogen-bond donors (Lipinski definition) is 2. The fraction of sp³-hybridized carbons (Fsp3) is 0.625. The van der Waals surface area contributed by atoms with E-state index in [1.165, 1.54) is 7.11 Å². The van der Waals surface area contributed by atoms with Gasteiger partial charge in [-0.25, -0.2) is 0 Å². The lowest BCUT2D eigenvalue weighted by Gasteiger charge is -2.39. The average Bonchev–Trinajstić information content (AvgIpc) is 3.27. The number of aliphatic hydroxyl groups excluding tert-OH is 1. The zero-order valence-electron chi connectivity index (χ0n) is 20.4. The highest BCUT2D eigenvalue weighted by Gasteiger charge is 2.36. The van der Waals surface area contributed by atoms with Crippen molar-refractivity contribution in [2.75, 3.05) is 23.9 Å². The number of ether oxygens (including phenoxy) is 1. The quantitative estimate of drug-likeness (QED) is 0.413. The van der Waals surface area contributed by atoms with Gasteiger partial charge in [-0.1, -0.05) is 26.8 Å². The molecule has 1 atom stereocenters. The van der Waals surface area contributed by atoms with E-state index in [1.54, 1.807) is 0 Å². The van der Waals surface area contributed by atoms with Gasteiger partial charge in [0.25, 0.3) is 0 Å². The molecule has 11 heteroatoms. The van der Waals surface area contributed by atoms with E-state index in [0.29, 0.717) is 36.0 Å². The number of rotatable bonds is 9. The van der Waals surface area contributed by atoms with Crippen molar-refractivity contribution >= 4 is 34.0 Å². The number of methoxy groups -OCH3 is 1. The molecule has 0 unspecified atom stereocenters. The third kappa shape index (κ3) is 7.30. The van der Waals surface area contributed by atoms with E-state index in [9.17, 15) is 23.1 Å². The smallest absolute Gasteiger partial charge is 0.452 e. The molecule has 0 radical (unpaired) electrons. The topological polar surface area (TPSA) is 87.6 Å². The summed E-state index contributed by atoms with van der Waals surface area (Å²) < 4.78 is 47.5. The van der Waals surface area contributed by atoms with Gasteiger partial charge in [-0.15, -0.1) is 0 Å². The Balaban J connectivity index is 2.00. The predicted molar refractivity (Wildman–Crippen MR) is 130 cm³/mol. The van der Waals surface area contributed by atoms with Crippen LogP contribution in [0.15, 0.2) is 18.2 Å². The van der Waals surface area contributed by atoms with Crippen LogP contribution in [0, 0.1) is 5.92 Å². The van der Waals surface area contributed by atoms with Crippen molar-refractivity contribution in [1.29, 1.82) is 0 Å². The van der Waals surface area contributed by atoms with E-state index < -0.39 is 12.0 Å². The fourth-order valence-electron chi connectivity index (χ4n) is 4.37. The number of nitrogens with zero attached hydrogens (tertiary/aromatic N) is 3. The van der Waals surface area contributed by atoms with Crippen molar-refractivity contribution in [3.63, 3.8) is 0 Å². The third-order valence-corrected chi connectivity index (χ3v) is 6.82. The van der Waals surface area contributed by atoms with Crippen LogP contribution < -0.4 is 10.2 Å². The summed E-state index contributed by atoms with van der Waals surface area (Å²) in [6.07, 6.45) is -1.67. The van der Waals surface area contributed by atoms with E-state index in [2.05, 4.69) is 33.4 Å². The second-order valence-electron chi connectivity index (χ2n) is 9.51. The van der Waals surface area contributed by atoms with Crippen LogP contribution in [0.1, 0.15) is 70.2 Å². The normalized spacial score (nSPS) is 19.5. The number of esters is 1. The van der Waals surface area contributed by atoms with Gasteiger partial charge >= 0.3 is 12.1 Å². The monoisotopic (exact) mass is 514 g/mol. The molecule has 1 aliphatic carbocycles. The van der Waals surface area contributed by atoms with Crippen molar-refractivity contribution in [3.05, 3.63) is 29.6 Å². The van der Waals surface area contributed by atoms with Gasteiger partial charge in [0.2, 0.25) is 11.0 Å². The Morgan fingerprint density at radius 3 is 2.51 bits per heavy atom. The number of aliphatic hydroxyl groups is 1. The third-order valence-electron chi connectivity index (χ3n) is 6.19. The number of alkyl halides is 3. The number of aromatic nitrogens is 2. The molecule has 194 valence electrons. The number of anilines is 3.